The summed E-state index contributed by atoms with van der Waals surface area (Å²) in [5.74, 6) is -0.0566. The average molecular weight is 185 g/mol. The van der Waals surface area contributed by atoms with Crippen molar-refractivity contribution in [3.63, 3.8) is 0 Å². The van der Waals surface area contributed by atoms with Gasteiger partial charge in [-0.1, -0.05) is 0 Å². The van der Waals surface area contributed by atoms with Crippen molar-refractivity contribution in [1.29, 1.82) is 5.26 Å². The summed E-state index contributed by atoms with van der Waals surface area (Å²) in [5, 5.41) is 8.80. The van der Waals surface area contributed by atoms with E-state index in [0.717, 1.165) is 0 Å². The molecule has 0 amide bonds. The summed E-state index contributed by atoms with van der Waals surface area (Å²) in [6, 6.07) is 3.65. The number of nitriles is 1. The van der Waals surface area contributed by atoms with Crippen molar-refractivity contribution in [3.05, 3.63) is 29.6 Å². The van der Waals surface area contributed by atoms with Gasteiger partial charge in [0.2, 0.25) is 0 Å². The standard InChI is InChI=1S/C10H7N3O/c1-6(14)8-5-13-9-7(4-11)2-3-12-10(8)9/h2-3,5,13H,1H3. The summed E-state index contributed by atoms with van der Waals surface area (Å²) < 4.78 is 0. The van der Waals surface area contributed by atoms with Gasteiger partial charge in [0, 0.05) is 12.4 Å². The van der Waals surface area contributed by atoms with E-state index in [1.54, 1.807) is 12.3 Å². The highest BCUT2D eigenvalue weighted by Crippen LogP contribution is 2.18. The Kier molecular flexibility index (Phi) is 1.79. The molecule has 2 aromatic rings. The summed E-state index contributed by atoms with van der Waals surface area (Å²) in [6.07, 6.45) is 3.11. The van der Waals surface area contributed by atoms with E-state index in [-0.39, 0.29) is 5.78 Å². The molecule has 0 saturated heterocycles. The van der Waals surface area contributed by atoms with Crippen LogP contribution >= 0.6 is 0 Å². The summed E-state index contributed by atoms with van der Waals surface area (Å²) in [4.78, 5) is 18.1. The van der Waals surface area contributed by atoms with Gasteiger partial charge in [0.15, 0.2) is 5.78 Å². The van der Waals surface area contributed by atoms with Crippen LogP contribution in [0.2, 0.25) is 0 Å². The first kappa shape index (κ1) is 8.45. The lowest BCUT2D eigenvalue weighted by atomic mass is 10.1. The molecular formula is C10H7N3O. The number of carbonyl (C=O) groups excluding carboxylic acids is 1. The van der Waals surface area contributed by atoms with Crippen LogP contribution in [0.5, 0.6) is 0 Å². The van der Waals surface area contributed by atoms with Gasteiger partial charge < -0.3 is 4.98 Å². The Morgan fingerprint density at radius 3 is 3.07 bits per heavy atom. The van der Waals surface area contributed by atoms with Crippen LogP contribution in [0.3, 0.4) is 0 Å². The van der Waals surface area contributed by atoms with Crippen LogP contribution in [0.15, 0.2) is 18.5 Å². The number of H-pyrrole nitrogens is 1. The molecule has 0 aromatic carbocycles. The minimum absolute atomic E-state index is 0.0566. The predicted octanol–water partition coefficient (Wildman–Crippen LogP) is 1.64. The van der Waals surface area contributed by atoms with E-state index in [0.29, 0.717) is 22.2 Å². The zero-order valence-corrected chi connectivity index (χ0v) is 7.53. The van der Waals surface area contributed by atoms with Crippen LogP contribution in [0.25, 0.3) is 11.0 Å². The monoisotopic (exact) mass is 185 g/mol. The summed E-state index contributed by atoms with van der Waals surface area (Å²) in [7, 11) is 0. The molecule has 0 atom stereocenters. The number of nitrogens with one attached hydrogen (secondary N) is 1. The van der Waals surface area contributed by atoms with Gasteiger partial charge in [0.05, 0.1) is 16.6 Å². The number of ketones is 1. The number of carbonyl (C=O) groups is 1. The van der Waals surface area contributed by atoms with Gasteiger partial charge in [0.1, 0.15) is 11.6 Å². The van der Waals surface area contributed by atoms with E-state index in [1.165, 1.54) is 13.1 Å². The molecular weight excluding hydrogens is 178 g/mol. The molecule has 68 valence electrons. The third-order valence-corrected chi connectivity index (χ3v) is 2.07. The minimum Gasteiger partial charge on any atom is -0.358 e. The molecule has 14 heavy (non-hydrogen) atoms. The number of pyridine rings is 1. The second-order valence-corrected chi connectivity index (χ2v) is 2.95. The SMILES string of the molecule is CC(=O)c1c[nH]c2c(C#N)ccnc12. The molecule has 2 heterocycles. The number of hydrogen-bond acceptors (Lipinski definition) is 3. The zero-order chi connectivity index (χ0) is 10.1. The molecule has 4 nitrogen and oxygen atoms in total. The normalized spacial score (nSPS) is 10.0. The molecule has 0 aliphatic carbocycles. The third-order valence-electron chi connectivity index (χ3n) is 2.07. The summed E-state index contributed by atoms with van der Waals surface area (Å²) in [5.41, 5.74) is 2.22. The largest absolute Gasteiger partial charge is 0.358 e. The van der Waals surface area contributed by atoms with Crippen LogP contribution in [0, 0.1) is 11.3 Å². The number of fused-ring (bicyclic) bond motifs is 1. The molecule has 1 N–H and O–H groups in total. The fraction of sp³-hybridized carbons (Fsp3) is 0.100. The van der Waals surface area contributed by atoms with E-state index in [4.69, 9.17) is 5.26 Å². The molecule has 2 rings (SSSR count). The van der Waals surface area contributed by atoms with Gasteiger partial charge in [-0.25, -0.2) is 0 Å². The van der Waals surface area contributed by atoms with Gasteiger partial charge in [0.25, 0.3) is 0 Å². The van der Waals surface area contributed by atoms with Crippen molar-refractivity contribution in [2.24, 2.45) is 0 Å². The third kappa shape index (κ3) is 1.07. The highest BCUT2D eigenvalue weighted by molar-refractivity contribution is 6.05. The van der Waals surface area contributed by atoms with Crippen LogP contribution in [-0.4, -0.2) is 15.8 Å². The second kappa shape index (κ2) is 2.96. The fourth-order valence-corrected chi connectivity index (χ4v) is 1.39. The van der Waals surface area contributed by atoms with Gasteiger partial charge in [-0.2, -0.15) is 5.26 Å². The first-order chi connectivity index (χ1) is 6.74. The topological polar surface area (TPSA) is 69.5 Å². The number of rotatable bonds is 1. The van der Waals surface area contributed by atoms with Crippen LogP contribution in [-0.2, 0) is 0 Å². The van der Waals surface area contributed by atoms with Crippen LogP contribution in [0.4, 0.5) is 0 Å². The van der Waals surface area contributed by atoms with E-state index in [9.17, 15) is 4.79 Å². The molecule has 0 aliphatic rings. The summed E-state index contributed by atoms with van der Waals surface area (Å²) >= 11 is 0. The fourth-order valence-electron chi connectivity index (χ4n) is 1.39. The molecule has 0 bridgehead atoms. The first-order valence-corrected chi connectivity index (χ1v) is 4.11. The zero-order valence-electron chi connectivity index (χ0n) is 7.53. The molecule has 0 radical (unpaired) electrons. The maximum absolute atomic E-state index is 11.2. The lowest BCUT2D eigenvalue weighted by molar-refractivity contribution is 0.101. The molecule has 0 saturated carbocycles. The van der Waals surface area contributed by atoms with Gasteiger partial charge in [-0.3, -0.25) is 9.78 Å². The maximum atomic E-state index is 11.2. The molecule has 0 unspecified atom stereocenters. The predicted molar refractivity (Wildman–Crippen MR) is 50.8 cm³/mol. The summed E-state index contributed by atoms with van der Waals surface area (Å²) in [6.45, 7) is 1.48. The Morgan fingerprint density at radius 1 is 1.64 bits per heavy atom. The lowest BCUT2D eigenvalue weighted by Crippen LogP contribution is -1.90. The van der Waals surface area contributed by atoms with Gasteiger partial charge >= 0.3 is 0 Å². The van der Waals surface area contributed by atoms with Gasteiger partial charge in [-0.15, -0.1) is 0 Å². The van der Waals surface area contributed by atoms with E-state index >= 15 is 0 Å². The second-order valence-electron chi connectivity index (χ2n) is 2.95. The van der Waals surface area contributed by atoms with Gasteiger partial charge in [-0.05, 0) is 13.0 Å². The van der Waals surface area contributed by atoms with E-state index in [1.807, 2.05) is 6.07 Å². The molecule has 4 heteroatoms. The Labute approximate surface area is 80.2 Å². The Hall–Kier alpha value is -2.15. The number of aromatic amines is 1. The quantitative estimate of drug-likeness (QED) is 0.686. The van der Waals surface area contributed by atoms with Crippen molar-refractivity contribution >= 4 is 16.8 Å². The van der Waals surface area contributed by atoms with E-state index < -0.39 is 0 Å². The Bertz CT molecular complexity index is 548. The van der Waals surface area contributed by atoms with E-state index in [2.05, 4.69) is 9.97 Å². The average Bonchev–Trinajstić information content (AvgIpc) is 2.60. The first-order valence-electron chi connectivity index (χ1n) is 4.11. The smallest absolute Gasteiger partial charge is 0.163 e. The van der Waals surface area contributed by atoms with Crippen molar-refractivity contribution in [2.75, 3.05) is 0 Å². The van der Waals surface area contributed by atoms with Crippen molar-refractivity contribution < 1.29 is 4.79 Å². The molecule has 0 fully saturated rings. The molecule has 0 aliphatic heterocycles. The highest BCUT2D eigenvalue weighted by atomic mass is 16.1. The van der Waals surface area contributed by atoms with Crippen LogP contribution in [0.1, 0.15) is 22.8 Å². The number of Topliss-reactive ketones (excluding diaryl/α,β-unsaturated/α-hetero) is 1. The minimum atomic E-state index is -0.0566. The lowest BCUT2D eigenvalue weighted by Gasteiger charge is -1.92. The Balaban J connectivity index is 2.84. The number of nitrogens with zero attached hydrogens (tertiary/aromatic N) is 2. The van der Waals surface area contributed by atoms with Crippen molar-refractivity contribution in [3.8, 4) is 6.07 Å². The van der Waals surface area contributed by atoms with Crippen molar-refractivity contribution in [1.82, 2.24) is 9.97 Å². The van der Waals surface area contributed by atoms with Crippen LogP contribution < -0.4 is 0 Å². The van der Waals surface area contributed by atoms with Crippen molar-refractivity contribution in [2.45, 2.75) is 6.92 Å². The Morgan fingerprint density at radius 2 is 2.43 bits per heavy atom. The molecule has 2 aromatic heterocycles. The maximum Gasteiger partial charge on any atom is 0.163 e. The number of hydrogen-bond donors (Lipinski definition) is 1. The highest BCUT2D eigenvalue weighted by Gasteiger charge is 2.11. The molecule has 0 spiro atoms. The number of aromatic nitrogens is 2.